The number of nitrogens with one attached hydrogen (secondary N) is 3. The van der Waals surface area contributed by atoms with Gasteiger partial charge in [0.15, 0.2) is 0 Å². The fraction of sp³-hybridized carbons (Fsp3) is 0.375. The molecule has 5 N–H and O–H groups in total. The fourth-order valence-electron chi connectivity index (χ4n) is 1.06. The summed E-state index contributed by atoms with van der Waals surface area (Å²) in [5.41, 5.74) is 4.31. The van der Waals surface area contributed by atoms with Crippen LogP contribution in [0.5, 0.6) is 0 Å². The number of likely N-dealkylation sites (N-methyl/N-ethyl adjacent to an activating group) is 1. The maximum atomic E-state index is 11.4. The molecule has 0 aliphatic heterocycles. The second-order valence-electron chi connectivity index (χ2n) is 3.11. The summed E-state index contributed by atoms with van der Waals surface area (Å²) in [4.78, 5) is 35.5. The van der Waals surface area contributed by atoms with Crippen LogP contribution in [0.4, 0.5) is 11.5 Å². The molecule has 0 unspecified atom stereocenters. The summed E-state index contributed by atoms with van der Waals surface area (Å²) < 4.78 is 1.08. The topological polar surface area (TPSA) is 122 Å². The summed E-state index contributed by atoms with van der Waals surface area (Å²) in [6.45, 7) is -0.0953. The summed E-state index contributed by atoms with van der Waals surface area (Å²) in [6.07, 6.45) is 0. The molecule has 16 heavy (non-hydrogen) atoms. The summed E-state index contributed by atoms with van der Waals surface area (Å²) >= 11 is 0. The van der Waals surface area contributed by atoms with Crippen molar-refractivity contribution in [3.63, 3.8) is 0 Å². The highest BCUT2D eigenvalue weighted by Gasteiger charge is 2.10. The van der Waals surface area contributed by atoms with Crippen LogP contribution in [0.1, 0.15) is 0 Å². The second-order valence-corrected chi connectivity index (χ2v) is 3.11. The number of anilines is 2. The molecule has 1 amide bonds. The van der Waals surface area contributed by atoms with Crippen LogP contribution in [0, 0.1) is 0 Å². The quantitative estimate of drug-likeness (QED) is 0.467. The minimum Gasteiger partial charge on any atom is -0.383 e. The maximum Gasteiger partial charge on any atom is 0.329 e. The Bertz CT molecular complexity index is 515. The normalized spacial score (nSPS) is 9.88. The number of nitrogens with zero attached hydrogens (tertiary/aromatic N) is 1. The molecule has 1 heterocycles. The summed E-state index contributed by atoms with van der Waals surface area (Å²) in [5.74, 6) is -0.315. The van der Waals surface area contributed by atoms with E-state index in [-0.39, 0.29) is 24.0 Å². The summed E-state index contributed by atoms with van der Waals surface area (Å²) in [6, 6.07) is 0. The number of amides is 1. The van der Waals surface area contributed by atoms with E-state index in [0.29, 0.717) is 0 Å². The van der Waals surface area contributed by atoms with Crippen LogP contribution in [0.2, 0.25) is 0 Å². The molecule has 0 saturated heterocycles. The molecule has 0 fully saturated rings. The molecule has 8 nitrogen and oxygen atoms in total. The molecule has 0 aliphatic carbocycles. The van der Waals surface area contributed by atoms with Crippen molar-refractivity contribution in [1.82, 2.24) is 14.9 Å². The number of aromatic nitrogens is 2. The van der Waals surface area contributed by atoms with E-state index in [1.807, 2.05) is 0 Å². The predicted molar refractivity (Wildman–Crippen MR) is 59.3 cm³/mol. The van der Waals surface area contributed by atoms with E-state index in [0.717, 1.165) is 4.57 Å². The lowest BCUT2D eigenvalue weighted by atomic mass is 10.4. The first-order valence-corrected chi connectivity index (χ1v) is 4.50. The number of carbonyl (C=O) groups is 1. The molecule has 0 aliphatic rings. The van der Waals surface area contributed by atoms with Gasteiger partial charge >= 0.3 is 5.69 Å². The lowest BCUT2D eigenvalue weighted by Crippen LogP contribution is -2.34. The molecular formula is C8H13N5O3. The van der Waals surface area contributed by atoms with Gasteiger partial charge in [0.1, 0.15) is 11.5 Å². The van der Waals surface area contributed by atoms with Crippen molar-refractivity contribution in [3.05, 3.63) is 20.8 Å². The van der Waals surface area contributed by atoms with Crippen LogP contribution in [0.3, 0.4) is 0 Å². The zero-order valence-corrected chi connectivity index (χ0v) is 8.96. The third kappa shape index (κ3) is 2.22. The molecule has 0 aromatic carbocycles. The van der Waals surface area contributed by atoms with Crippen molar-refractivity contribution in [1.29, 1.82) is 0 Å². The monoisotopic (exact) mass is 227 g/mol. The summed E-state index contributed by atoms with van der Waals surface area (Å²) in [5, 5.41) is 4.94. The largest absolute Gasteiger partial charge is 0.383 e. The Morgan fingerprint density at radius 2 is 2.12 bits per heavy atom. The predicted octanol–water partition coefficient (Wildman–Crippen LogP) is -2.19. The van der Waals surface area contributed by atoms with Crippen LogP contribution in [-0.2, 0) is 11.8 Å². The highest BCUT2D eigenvalue weighted by Crippen LogP contribution is 2.07. The minimum absolute atomic E-state index is 0.00528. The van der Waals surface area contributed by atoms with E-state index in [4.69, 9.17) is 5.73 Å². The van der Waals surface area contributed by atoms with Crippen molar-refractivity contribution in [2.45, 2.75) is 0 Å². The van der Waals surface area contributed by atoms with Gasteiger partial charge in [0.2, 0.25) is 5.91 Å². The molecule has 1 aromatic heterocycles. The molecular weight excluding hydrogens is 214 g/mol. The Hall–Kier alpha value is -2.25. The van der Waals surface area contributed by atoms with Crippen LogP contribution in [0.15, 0.2) is 9.59 Å². The number of hydrogen-bond donors (Lipinski definition) is 4. The van der Waals surface area contributed by atoms with Gasteiger partial charge < -0.3 is 16.4 Å². The van der Waals surface area contributed by atoms with Gasteiger partial charge in [0.05, 0.1) is 6.54 Å². The van der Waals surface area contributed by atoms with Gasteiger partial charge in [-0.25, -0.2) is 4.79 Å². The summed E-state index contributed by atoms with van der Waals surface area (Å²) in [7, 11) is 2.89. The number of aromatic amines is 1. The van der Waals surface area contributed by atoms with E-state index in [1.165, 1.54) is 14.1 Å². The number of H-pyrrole nitrogens is 1. The highest BCUT2D eigenvalue weighted by molar-refractivity contribution is 5.81. The van der Waals surface area contributed by atoms with E-state index in [1.54, 1.807) is 0 Å². The molecule has 88 valence electrons. The van der Waals surface area contributed by atoms with Crippen molar-refractivity contribution in [3.8, 4) is 0 Å². The van der Waals surface area contributed by atoms with Gasteiger partial charge in [0.25, 0.3) is 5.56 Å². The van der Waals surface area contributed by atoms with Gasteiger partial charge in [-0.3, -0.25) is 19.1 Å². The number of nitrogen functional groups attached to an aromatic ring is 1. The van der Waals surface area contributed by atoms with Crippen molar-refractivity contribution < 1.29 is 4.79 Å². The number of nitrogens with two attached hydrogens (primary N) is 1. The van der Waals surface area contributed by atoms with Crippen molar-refractivity contribution >= 4 is 17.4 Å². The van der Waals surface area contributed by atoms with Gasteiger partial charge in [-0.1, -0.05) is 0 Å². The average molecular weight is 227 g/mol. The first-order chi connectivity index (χ1) is 7.47. The molecule has 8 heteroatoms. The standard InChI is InChI=1S/C8H13N5O3/c1-10-4(14)3-11-5-6(9)13(2)8(16)12-7(5)15/h11H,3,9H2,1-2H3,(H,10,14)(H,12,15,16). The van der Waals surface area contributed by atoms with Crippen LogP contribution in [-0.4, -0.2) is 29.1 Å². The Labute approximate surface area is 90.5 Å². The lowest BCUT2D eigenvalue weighted by molar-refractivity contribution is -0.118. The number of rotatable bonds is 3. The molecule has 1 rings (SSSR count). The Morgan fingerprint density at radius 3 is 2.69 bits per heavy atom. The molecule has 1 aromatic rings. The van der Waals surface area contributed by atoms with Crippen molar-refractivity contribution in [2.24, 2.45) is 7.05 Å². The van der Waals surface area contributed by atoms with Crippen LogP contribution < -0.4 is 27.6 Å². The Kier molecular flexibility index (Phi) is 3.33. The number of hydrogen-bond acceptors (Lipinski definition) is 5. The second kappa shape index (κ2) is 4.51. The maximum absolute atomic E-state index is 11.4. The molecule has 0 atom stereocenters. The zero-order chi connectivity index (χ0) is 12.3. The van der Waals surface area contributed by atoms with E-state index in [9.17, 15) is 14.4 Å². The van der Waals surface area contributed by atoms with Gasteiger partial charge in [0, 0.05) is 14.1 Å². The van der Waals surface area contributed by atoms with Gasteiger partial charge in [-0.2, -0.15) is 0 Å². The molecule has 0 saturated carbocycles. The molecule has 0 radical (unpaired) electrons. The van der Waals surface area contributed by atoms with Crippen LogP contribution >= 0.6 is 0 Å². The first-order valence-electron chi connectivity index (χ1n) is 4.50. The minimum atomic E-state index is -0.649. The van der Waals surface area contributed by atoms with Gasteiger partial charge in [-0.05, 0) is 0 Å². The fourth-order valence-corrected chi connectivity index (χ4v) is 1.06. The Balaban J connectivity index is 3.06. The SMILES string of the molecule is CNC(=O)CNc1c(N)n(C)c(=O)[nH]c1=O. The third-order valence-corrected chi connectivity index (χ3v) is 2.07. The first kappa shape index (κ1) is 11.8. The van der Waals surface area contributed by atoms with E-state index < -0.39 is 11.2 Å². The zero-order valence-electron chi connectivity index (χ0n) is 8.96. The smallest absolute Gasteiger partial charge is 0.329 e. The highest BCUT2D eigenvalue weighted by atomic mass is 16.2. The van der Waals surface area contributed by atoms with E-state index in [2.05, 4.69) is 15.6 Å². The molecule has 0 spiro atoms. The lowest BCUT2D eigenvalue weighted by Gasteiger charge is -2.09. The average Bonchev–Trinajstić information content (AvgIpc) is 2.25. The van der Waals surface area contributed by atoms with Gasteiger partial charge in [-0.15, -0.1) is 0 Å². The Morgan fingerprint density at radius 1 is 1.50 bits per heavy atom. The van der Waals surface area contributed by atoms with E-state index >= 15 is 0 Å². The number of carbonyl (C=O) groups excluding carboxylic acids is 1. The molecule has 0 bridgehead atoms. The van der Waals surface area contributed by atoms with Crippen molar-refractivity contribution in [2.75, 3.05) is 24.6 Å². The third-order valence-electron chi connectivity index (χ3n) is 2.07. The van der Waals surface area contributed by atoms with Crippen LogP contribution in [0.25, 0.3) is 0 Å².